The number of benzene rings is 2. The van der Waals surface area contributed by atoms with Crippen molar-refractivity contribution in [3.63, 3.8) is 0 Å². The van der Waals surface area contributed by atoms with Crippen LogP contribution < -0.4 is 5.32 Å². The van der Waals surface area contributed by atoms with Crippen molar-refractivity contribution in [2.45, 2.75) is 19.8 Å². The summed E-state index contributed by atoms with van der Waals surface area (Å²) in [6.07, 6.45) is 1.08. The van der Waals surface area contributed by atoms with E-state index in [0.29, 0.717) is 22.9 Å². The maximum Gasteiger partial charge on any atom is 0.289 e. The molecule has 0 spiro atoms. The molecule has 0 aliphatic heterocycles. The van der Waals surface area contributed by atoms with E-state index < -0.39 is 16.7 Å². The zero-order valence-electron chi connectivity index (χ0n) is 13.4. The second-order valence-corrected chi connectivity index (χ2v) is 7.13. The molecule has 0 aliphatic rings. The van der Waals surface area contributed by atoms with Gasteiger partial charge >= 0.3 is 0 Å². The quantitative estimate of drug-likeness (QED) is 0.421. The molecular formula is C18H17NO5S. The van der Waals surface area contributed by atoms with Crippen LogP contribution in [0.25, 0.3) is 10.1 Å². The fourth-order valence-corrected chi connectivity index (χ4v) is 4.14. The number of fused-ring (bicyclic) bond motifs is 1. The van der Waals surface area contributed by atoms with Crippen LogP contribution in [0.5, 0.6) is 17.2 Å². The molecule has 0 radical (unpaired) electrons. The summed E-state index contributed by atoms with van der Waals surface area (Å²) in [4.78, 5) is 11.3. The van der Waals surface area contributed by atoms with Crippen molar-refractivity contribution >= 4 is 31.7 Å². The van der Waals surface area contributed by atoms with Gasteiger partial charge in [0.25, 0.3) is 5.00 Å². The van der Waals surface area contributed by atoms with Gasteiger partial charge in [-0.1, -0.05) is 18.2 Å². The van der Waals surface area contributed by atoms with Crippen molar-refractivity contribution in [1.82, 2.24) is 0 Å². The van der Waals surface area contributed by atoms with Crippen molar-refractivity contribution in [2.75, 3.05) is 5.32 Å². The lowest BCUT2D eigenvalue weighted by Crippen LogP contribution is -2.04. The van der Waals surface area contributed by atoms with Crippen LogP contribution in [0.1, 0.15) is 18.1 Å². The molecule has 1 atom stereocenters. The van der Waals surface area contributed by atoms with Crippen molar-refractivity contribution in [2.24, 2.45) is 0 Å². The number of aromatic hydroxyl groups is 3. The Kier molecular flexibility index (Phi) is 4.52. The van der Waals surface area contributed by atoms with Gasteiger partial charge in [-0.25, -0.2) is 0 Å². The van der Waals surface area contributed by atoms with E-state index in [9.17, 15) is 24.7 Å². The van der Waals surface area contributed by atoms with Crippen LogP contribution in [0.4, 0.5) is 5.00 Å². The minimum atomic E-state index is -1.63. The second kappa shape index (κ2) is 6.62. The number of phenolic OH excluding ortho intramolecular Hbond substituents is 2. The molecule has 0 saturated heterocycles. The summed E-state index contributed by atoms with van der Waals surface area (Å²) in [5, 5.41) is 32.3. The van der Waals surface area contributed by atoms with Crippen LogP contribution in [0.15, 0.2) is 36.4 Å². The lowest BCUT2D eigenvalue weighted by molar-refractivity contribution is -0.114. The van der Waals surface area contributed by atoms with Crippen LogP contribution in [0, 0.1) is 0 Å². The van der Waals surface area contributed by atoms with Gasteiger partial charge in [-0.2, -0.15) is 0 Å². The monoisotopic (exact) mass is 359 g/mol. The van der Waals surface area contributed by atoms with E-state index in [1.165, 1.54) is 19.1 Å². The van der Waals surface area contributed by atoms with E-state index in [0.717, 1.165) is 11.1 Å². The smallest absolute Gasteiger partial charge is 0.289 e. The van der Waals surface area contributed by atoms with Crippen molar-refractivity contribution in [3.05, 3.63) is 47.5 Å². The average molecular weight is 359 g/mol. The zero-order chi connectivity index (χ0) is 18.1. The Morgan fingerprint density at radius 3 is 2.56 bits per heavy atom. The van der Waals surface area contributed by atoms with Gasteiger partial charge in [0.15, 0.2) is 16.2 Å². The van der Waals surface area contributed by atoms with Crippen LogP contribution in [0.3, 0.4) is 0 Å². The van der Waals surface area contributed by atoms with E-state index >= 15 is 0 Å². The Bertz CT molecular complexity index is 964. The Morgan fingerprint density at radius 1 is 1.12 bits per heavy atom. The SMILES string of the molecule is CC(=O)Nc1c(O)c2c(CCc3ccc(O)c(O)c3)cccc2[s+]1[O-]. The predicted octanol–water partition coefficient (Wildman–Crippen LogP) is 3.43. The molecule has 0 bridgehead atoms. The molecule has 4 N–H and O–H groups in total. The van der Waals surface area contributed by atoms with Crippen LogP contribution in [-0.4, -0.2) is 25.8 Å². The third-order valence-corrected chi connectivity index (χ3v) is 5.37. The number of rotatable bonds is 4. The molecule has 1 amide bonds. The van der Waals surface area contributed by atoms with E-state index in [-0.39, 0.29) is 22.2 Å². The number of carbonyl (C=O) groups is 1. The number of hydrogen-bond donors (Lipinski definition) is 4. The molecule has 6 nitrogen and oxygen atoms in total. The van der Waals surface area contributed by atoms with Gasteiger partial charge in [0, 0.05) is 6.92 Å². The number of hydrogen-bond acceptors (Lipinski definition) is 5. The molecule has 1 heterocycles. The number of carbonyl (C=O) groups excluding carboxylic acids is 1. The molecule has 2 aromatic carbocycles. The number of amides is 1. The fraction of sp³-hybridized carbons (Fsp3) is 0.167. The summed E-state index contributed by atoms with van der Waals surface area (Å²) < 4.78 is 12.9. The third-order valence-electron chi connectivity index (χ3n) is 3.96. The average Bonchev–Trinajstić information content (AvgIpc) is 2.81. The Balaban J connectivity index is 1.96. The maximum atomic E-state index is 12.5. The first-order valence-electron chi connectivity index (χ1n) is 7.64. The van der Waals surface area contributed by atoms with Gasteiger partial charge in [-0.3, -0.25) is 10.1 Å². The Morgan fingerprint density at radius 2 is 1.88 bits per heavy atom. The van der Waals surface area contributed by atoms with Crippen molar-refractivity contribution in [3.8, 4) is 17.2 Å². The third kappa shape index (κ3) is 3.24. The van der Waals surface area contributed by atoms with Crippen LogP contribution in [-0.2, 0) is 17.6 Å². The van der Waals surface area contributed by atoms with Gasteiger partial charge in [-0.15, -0.1) is 0 Å². The van der Waals surface area contributed by atoms with Gasteiger partial charge in [0.05, 0.1) is 5.39 Å². The molecule has 0 fully saturated rings. The summed E-state index contributed by atoms with van der Waals surface area (Å²) in [5.41, 5.74) is 1.61. The predicted molar refractivity (Wildman–Crippen MR) is 95.8 cm³/mol. The molecule has 7 heteroatoms. The molecule has 0 aliphatic carbocycles. The normalized spacial score (nSPS) is 11.7. The topological polar surface area (TPSA) is 113 Å². The number of aryl methyl sites for hydroxylation is 2. The minimum absolute atomic E-state index is 0.0113. The molecular weight excluding hydrogens is 342 g/mol. The highest BCUT2D eigenvalue weighted by molar-refractivity contribution is 7.35. The molecule has 3 aromatic rings. The highest BCUT2D eigenvalue weighted by atomic mass is 32.2. The van der Waals surface area contributed by atoms with Gasteiger partial charge in [0.2, 0.25) is 11.7 Å². The van der Waals surface area contributed by atoms with Crippen molar-refractivity contribution < 1.29 is 24.7 Å². The van der Waals surface area contributed by atoms with E-state index in [1.54, 1.807) is 18.2 Å². The summed E-state index contributed by atoms with van der Waals surface area (Å²) in [5.74, 6) is -0.940. The summed E-state index contributed by atoms with van der Waals surface area (Å²) in [6.45, 7) is 1.29. The maximum absolute atomic E-state index is 12.5. The highest BCUT2D eigenvalue weighted by Gasteiger charge is 2.25. The van der Waals surface area contributed by atoms with Crippen LogP contribution >= 0.6 is 10.8 Å². The van der Waals surface area contributed by atoms with Gasteiger partial charge in [0.1, 0.15) is 0 Å². The first-order valence-corrected chi connectivity index (χ1v) is 8.79. The van der Waals surface area contributed by atoms with E-state index in [4.69, 9.17) is 0 Å². The number of nitrogens with one attached hydrogen (secondary N) is 1. The number of phenols is 2. The molecule has 25 heavy (non-hydrogen) atoms. The fourth-order valence-electron chi connectivity index (χ4n) is 2.79. The van der Waals surface area contributed by atoms with Crippen LogP contribution in [0.2, 0.25) is 0 Å². The highest BCUT2D eigenvalue weighted by Crippen LogP contribution is 2.48. The van der Waals surface area contributed by atoms with Crippen molar-refractivity contribution in [1.29, 1.82) is 0 Å². The summed E-state index contributed by atoms with van der Waals surface area (Å²) in [7, 11) is -1.63. The number of anilines is 1. The first kappa shape index (κ1) is 17.1. The molecule has 3 rings (SSSR count). The molecule has 1 aromatic heterocycles. The molecule has 1 unspecified atom stereocenters. The largest absolute Gasteiger partial charge is 0.588 e. The van der Waals surface area contributed by atoms with E-state index in [2.05, 4.69) is 5.32 Å². The second-order valence-electron chi connectivity index (χ2n) is 5.74. The molecule has 130 valence electrons. The summed E-state index contributed by atoms with van der Waals surface area (Å²) in [6, 6.07) is 9.84. The Labute approximate surface area is 146 Å². The Hall–Kier alpha value is -2.77. The zero-order valence-corrected chi connectivity index (χ0v) is 14.3. The standard InChI is InChI=1S/C18H17NO5S/c1-10(20)19-18-17(23)16-12(3-2-4-15(16)25(18)24)7-5-11-6-8-13(21)14(22)9-11/h2-4,6,8-9,21-23H,5,7H2,1H3,(H,19,20). The lowest BCUT2D eigenvalue weighted by Gasteiger charge is -2.05. The number of thiophene rings is 1. The van der Waals surface area contributed by atoms with E-state index in [1.807, 2.05) is 6.07 Å². The van der Waals surface area contributed by atoms with Gasteiger partial charge in [-0.05, 0) is 52.9 Å². The minimum Gasteiger partial charge on any atom is -0.588 e. The molecule has 0 saturated carbocycles. The summed E-state index contributed by atoms with van der Waals surface area (Å²) >= 11 is 0. The first-order chi connectivity index (χ1) is 11.9. The lowest BCUT2D eigenvalue weighted by atomic mass is 10.0. The van der Waals surface area contributed by atoms with Gasteiger partial charge < -0.3 is 19.9 Å².